The zero-order valence-electron chi connectivity index (χ0n) is 17.4. The average molecular weight is 419 g/mol. The molecule has 0 aliphatic heterocycles. The Labute approximate surface area is 170 Å². The summed E-state index contributed by atoms with van der Waals surface area (Å²) in [6, 6.07) is -3.59. The topological polar surface area (TPSA) is 151 Å². The highest BCUT2D eigenvalue weighted by Crippen LogP contribution is 2.06. The second-order valence-electron chi connectivity index (χ2n) is 7.41. The van der Waals surface area contributed by atoms with Crippen LogP contribution < -0.4 is 21.7 Å². The number of carbonyl (C=O) groups excluding carboxylic acids is 3. The lowest BCUT2D eigenvalue weighted by Gasteiger charge is -2.26. The Kier molecular flexibility index (Phi) is 11.8. The molecular weight excluding hydrogens is 384 g/mol. The highest BCUT2D eigenvalue weighted by molar-refractivity contribution is 7.98. The van der Waals surface area contributed by atoms with Crippen LogP contribution in [0.15, 0.2) is 0 Å². The van der Waals surface area contributed by atoms with Crippen LogP contribution in [-0.2, 0) is 19.2 Å². The van der Waals surface area contributed by atoms with Gasteiger partial charge in [-0.2, -0.15) is 11.8 Å². The number of hydrogen-bond donors (Lipinski definition) is 5. The molecule has 4 atom stereocenters. The smallest absolute Gasteiger partial charge is 0.326 e. The fourth-order valence-corrected chi connectivity index (χ4v) is 2.72. The molecule has 0 heterocycles. The minimum absolute atomic E-state index is 0.0881. The largest absolute Gasteiger partial charge is 0.480 e. The maximum absolute atomic E-state index is 12.6. The molecule has 0 saturated heterocycles. The van der Waals surface area contributed by atoms with Crippen LogP contribution in [0.3, 0.4) is 0 Å². The third-order valence-electron chi connectivity index (χ3n) is 4.25. The molecule has 10 heteroatoms. The molecule has 0 aromatic rings. The summed E-state index contributed by atoms with van der Waals surface area (Å²) in [5.41, 5.74) is 5.82. The van der Waals surface area contributed by atoms with E-state index in [0.29, 0.717) is 5.75 Å². The van der Waals surface area contributed by atoms with Crippen LogP contribution in [0.2, 0.25) is 0 Å². The first kappa shape index (κ1) is 26.2. The number of aliphatic carboxylic acids is 1. The Morgan fingerprint density at radius 2 is 1.46 bits per heavy atom. The fourth-order valence-electron chi connectivity index (χ4n) is 2.25. The third kappa shape index (κ3) is 8.92. The minimum Gasteiger partial charge on any atom is -0.480 e. The van der Waals surface area contributed by atoms with E-state index in [1.807, 2.05) is 6.26 Å². The minimum atomic E-state index is -1.13. The van der Waals surface area contributed by atoms with Crippen molar-refractivity contribution in [2.45, 2.75) is 65.2 Å². The molecule has 0 aromatic carbocycles. The Hall–Kier alpha value is -1.81. The van der Waals surface area contributed by atoms with Gasteiger partial charge in [0, 0.05) is 0 Å². The SMILES string of the molecule is CSCCC(NC(=O)C(C)NC(=O)C(NC(=O)C(N)C(C)C)C(C)C)C(=O)O. The first-order valence-electron chi connectivity index (χ1n) is 9.30. The molecule has 0 bridgehead atoms. The number of thioether (sulfide) groups is 1. The molecule has 0 saturated carbocycles. The first-order valence-corrected chi connectivity index (χ1v) is 10.7. The maximum atomic E-state index is 12.6. The number of rotatable bonds is 12. The van der Waals surface area contributed by atoms with Crippen LogP contribution in [0, 0.1) is 11.8 Å². The van der Waals surface area contributed by atoms with Gasteiger partial charge in [0.2, 0.25) is 17.7 Å². The summed E-state index contributed by atoms with van der Waals surface area (Å²) in [6.07, 6.45) is 2.12. The van der Waals surface area contributed by atoms with Crippen molar-refractivity contribution < 1.29 is 24.3 Å². The van der Waals surface area contributed by atoms with E-state index >= 15 is 0 Å². The lowest BCUT2D eigenvalue weighted by Crippen LogP contribution is -2.58. The fraction of sp³-hybridized carbons (Fsp3) is 0.778. The van der Waals surface area contributed by atoms with E-state index in [2.05, 4.69) is 16.0 Å². The monoisotopic (exact) mass is 418 g/mol. The zero-order chi connectivity index (χ0) is 22.0. The summed E-state index contributed by atoms with van der Waals surface area (Å²) in [4.78, 5) is 48.3. The van der Waals surface area contributed by atoms with Crippen molar-refractivity contribution in [2.24, 2.45) is 17.6 Å². The number of amides is 3. The van der Waals surface area contributed by atoms with E-state index in [4.69, 9.17) is 5.73 Å². The van der Waals surface area contributed by atoms with Gasteiger partial charge in [-0.05, 0) is 37.2 Å². The molecule has 0 rings (SSSR count). The normalized spacial score (nSPS) is 15.5. The molecule has 0 aliphatic carbocycles. The van der Waals surface area contributed by atoms with Crippen molar-refractivity contribution in [3.8, 4) is 0 Å². The van der Waals surface area contributed by atoms with Crippen molar-refractivity contribution in [1.29, 1.82) is 0 Å². The van der Waals surface area contributed by atoms with E-state index in [0.717, 1.165) is 0 Å². The highest BCUT2D eigenvalue weighted by atomic mass is 32.2. The van der Waals surface area contributed by atoms with Gasteiger partial charge in [-0.1, -0.05) is 27.7 Å². The van der Waals surface area contributed by atoms with Crippen molar-refractivity contribution in [2.75, 3.05) is 12.0 Å². The van der Waals surface area contributed by atoms with Gasteiger partial charge in [0.25, 0.3) is 0 Å². The standard InChI is InChI=1S/C18H34N4O5S/c1-9(2)13(19)16(24)22-14(10(3)4)17(25)20-11(5)15(23)21-12(18(26)27)7-8-28-6/h9-14H,7-8,19H2,1-6H3,(H,20,25)(H,21,23)(H,22,24)(H,26,27). The van der Waals surface area contributed by atoms with Gasteiger partial charge in [0.15, 0.2) is 0 Å². The maximum Gasteiger partial charge on any atom is 0.326 e. The van der Waals surface area contributed by atoms with Gasteiger partial charge in [-0.15, -0.1) is 0 Å². The molecule has 28 heavy (non-hydrogen) atoms. The predicted octanol–water partition coefficient (Wildman–Crippen LogP) is -0.0623. The van der Waals surface area contributed by atoms with E-state index in [9.17, 15) is 24.3 Å². The molecule has 0 aromatic heterocycles. The number of carboxylic acids is 1. The average Bonchev–Trinajstić information content (AvgIpc) is 2.60. The number of carbonyl (C=O) groups is 4. The van der Waals surface area contributed by atoms with Gasteiger partial charge in [0.05, 0.1) is 6.04 Å². The van der Waals surface area contributed by atoms with Crippen LogP contribution in [0.4, 0.5) is 0 Å². The van der Waals surface area contributed by atoms with Crippen LogP contribution in [0.5, 0.6) is 0 Å². The van der Waals surface area contributed by atoms with E-state index in [1.54, 1.807) is 27.7 Å². The first-order chi connectivity index (χ1) is 12.9. The van der Waals surface area contributed by atoms with Gasteiger partial charge in [-0.3, -0.25) is 14.4 Å². The van der Waals surface area contributed by atoms with Gasteiger partial charge < -0.3 is 26.8 Å². The van der Waals surface area contributed by atoms with Crippen molar-refractivity contribution in [1.82, 2.24) is 16.0 Å². The molecule has 162 valence electrons. The number of carboxylic acid groups (broad SMARTS) is 1. The molecule has 6 N–H and O–H groups in total. The summed E-state index contributed by atoms with van der Waals surface area (Å²) in [5, 5.41) is 16.8. The van der Waals surface area contributed by atoms with E-state index in [-0.39, 0.29) is 18.3 Å². The van der Waals surface area contributed by atoms with Crippen LogP contribution in [-0.4, -0.2) is 65.0 Å². The predicted molar refractivity (Wildman–Crippen MR) is 110 cm³/mol. The van der Waals surface area contributed by atoms with Gasteiger partial charge in [0.1, 0.15) is 18.1 Å². The van der Waals surface area contributed by atoms with E-state index in [1.165, 1.54) is 18.7 Å². The Bertz CT molecular complexity index is 556. The van der Waals surface area contributed by atoms with Gasteiger partial charge >= 0.3 is 5.97 Å². The molecule has 0 spiro atoms. The number of nitrogens with one attached hydrogen (secondary N) is 3. The molecule has 9 nitrogen and oxygen atoms in total. The number of nitrogens with two attached hydrogens (primary N) is 1. The zero-order valence-corrected chi connectivity index (χ0v) is 18.3. The van der Waals surface area contributed by atoms with Crippen LogP contribution in [0.25, 0.3) is 0 Å². The summed E-state index contributed by atoms with van der Waals surface area (Å²) >= 11 is 1.48. The van der Waals surface area contributed by atoms with Crippen LogP contribution in [0.1, 0.15) is 41.0 Å². The highest BCUT2D eigenvalue weighted by Gasteiger charge is 2.30. The molecule has 0 aliphatic rings. The Morgan fingerprint density at radius 1 is 0.893 bits per heavy atom. The van der Waals surface area contributed by atoms with Crippen molar-refractivity contribution >= 4 is 35.5 Å². The lowest BCUT2D eigenvalue weighted by molar-refractivity contribution is -0.142. The molecule has 3 amide bonds. The third-order valence-corrected chi connectivity index (χ3v) is 4.89. The molecule has 0 fully saturated rings. The summed E-state index contributed by atoms with van der Waals surface area (Å²) in [6.45, 7) is 8.59. The summed E-state index contributed by atoms with van der Waals surface area (Å²) in [7, 11) is 0. The van der Waals surface area contributed by atoms with Crippen molar-refractivity contribution in [3.63, 3.8) is 0 Å². The molecular formula is C18H34N4O5S. The summed E-state index contributed by atoms with van der Waals surface area (Å²) in [5.74, 6) is -2.44. The lowest BCUT2D eigenvalue weighted by atomic mass is 10.00. The van der Waals surface area contributed by atoms with E-state index < -0.39 is 47.9 Å². The number of hydrogen-bond acceptors (Lipinski definition) is 6. The van der Waals surface area contributed by atoms with Crippen molar-refractivity contribution in [3.05, 3.63) is 0 Å². The molecule has 4 unspecified atom stereocenters. The quantitative estimate of drug-likeness (QED) is 0.298. The Balaban J connectivity index is 4.94. The second kappa shape index (κ2) is 12.6. The molecule has 0 radical (unpaired) electrons. The second-order valence-corrected chi connectivity index (χ2v) is 8.40. The summed E-state index contributed by atoms with van der Waals surface area (Å²) < 4.78 is 0. The van der Waals surface area contributed by atoms with Gasteiger partial charge in [-0.25, -0.2) is 4.79 Å². The van der Waals surface area contributed by atoms with Crippen LogP contribution >= 0.6 is 11.8 Å². The Morgan fingerprint density at radius 3 is 1.89 bits per heavy atom.